The second-order valence-corrected chi connectivity index (χ2v) is 18.9. The van der Waals surface area contributed by atoms with Gasteiger partial charge in [-0.3, -0.25) is 4.79 Å². The molecule has 8 nitrogen and oxygen atoms in total. The first-order chi connectivity index (χ1) is 19.3. The van der Waals surface area contributed by atoms with E-state index in [1.54, 1.807) is 32.9 Å². The second-order valence-electron chi connectivity index (χ2n) is 14.1. The minimum absolute atomic E-state index is 0.00687. The number of hydrogen-bond acceptors (Lipinski definition) is 7. The van der Waals surface area contributed by atoms with E-state index in [4.69, 9.17) is 13.9 Å². The van der Waals surface area contributed by atoms with Crippen molar-refractivity contribution in [2.45, 2.75) is 104 Å². The number of hydrogen-bond donors (Lipinski definition) is 3. The lowest BCUT2D eigenvalue weighted by Gasteiger charge is -2.40. The van der Waals surface area contributed by atoms with Gasteiger partial charge in [0.15, 0.2) is 14.1 Å². The topological polar surface area (TPSA) is 110 Å². The summed E-state index contributed by atoms with van der Waals surface area (Å²) in [7, 11) is -2.24. The van der Waals surface area contributed by atoms with E-state index in [9.17, 15) is 14.7 Å². The summed E-state index contributed by atoms with van der Waals surface area (Å²) in [5, 5.41) is 14.0. The maximum atomic E-state index is 12.5. The Balaban J connectivity index is 2.01. The number of rotatable bonds is 10. The van der Waals surface area contributed by atoms with Crippen LogP contribution in [0.25, 0.3) is 10.9 Å². The van der Waals surface area contributed by atoms with Gasteiger partial charge in [0, 0.05) is 23.5 Å². The molecule has 0 unspecified atom stereocenters. The number of benzene rings is 2. The van der Waals surface area contributed by atoms with Gasteiger partial charge in [0.2, 0.25) is 5.56 Å². The Morgan fingerprint density at radius 1 is 0.976 bits per heavy atom. The highest BCUT2D eigenvalue weighted by atomic mass is 28.4. The van der Waals surface area contributed by atoms with Crippen LogP contribution < -0.4 is 15.6 Å². The summed E-state index contributed by atoms with van der Waals surface area (Å²) in [6.45, 7) is 21.1. The molecule has 0 aliphatic carbocycles. The standard InChI is InChI=1S/C33H48N2O6Si/c1-31(2,3)40-30(38)39-26-16-14-24(25-15-17-28(37)35-29(25)26)27(41-42(9,10)32(4,5)6)20-34-33(7,8)19-22-12-11-13-23(18-22)21-36/h11-18,27,34,36H,19-21H2,1-10H3,(H,35,37)/t27-/m0/s1. The average molecular weight is 597 g/mol. The first-order valence-electron chi connectivity index (χ1n) is 14.5. The molecule has 42 heavy (non-hydrogen) atoms. The molecule has 3 aromatic rings. The summed E-state index contributed by atoms with van der Waals surface area (Å²) in [5.41, 5.74) is 2.00. The molecule has 0 amide bonds. The molecule has 3 N–H and O–H groups in total. The number of H-pyrrole nitrogens is 1. The van der Waals surface area contributed by atoms with Crippen LogP contribution in [0.15, 0.2) is 53.3 Å². The quantitative estimate of drug-likeness (QED) is 0.131. The third kappa shape index (κ3) is 9.01. The Bertz CT molecular complexity index is 1450. The summed E-state index contributed by atoms with van der Waals surface area (Å²) in [6, 6.07) is 14.8. The van der Waals surface area contributed by atoms with Crippen LogP contribution in [0.1, 0.15) is 78.2 Å². The number of aliphatic hydroxyl groups is 1. The van der Waals surface area contributed by atoms with Gasteiger partial charge in [-0.15, -0.1) is 0 Å². The molecule has 0 radical (unpaired) electrons. The molecular weight excluding hydrogens is 548 g/mol. The molecule has 0 saturated heterocycles. The highest BCUT2D eigenvalue weighted by Gasteiger charge is 2.40. The maximum absolute atomic E-state index is 12.5. The lowest BCUT2D eigenvalue weighted by Crippen LogP contribution is -2.47. The molecule has 0 bridgehead atoms. The number of pyridine rings is 1. The third-order valence-electron chi connectivity index (χ3n) is 7.65. The van der Waals surface area contributed by atoms with E-state index in [-0.39, 0.29) is 34.6 Å². The molecule has 3 rings (SSSR count). The van der Waals surface area contributed by atoms with Crippen LogP contribution in [0, 0.1) is 0 Å². The van der Waals surface area contributed by atoms with Crippen molar-refractivity contribution in [3.63, 3.8) is 0 Å². The maximum Gasteiger partial charge on any atom is 0.514 e. The Kier molecular flexibility index (Phi) is 10.1. The van der Waals surface area contributed by atoms with Crippen LogP contribution >= 0.6 is 0 Å². The molecule has 0 spiro atoms. The normalized spacial score (nSPS) is 13.7. The summed E-state index contributed by atoms with van der Waals surface area (Å²) in [5.74, 6) is 0.212. The lowest BCUT2D eigenvalue weighted by molar-refractivity contribution is 0.0208. The molecule has 0 aliphatic rings. The van der Waals surface area contributed by atoms with Gasteiger partial charge in [-0.2, -0.15) is 0 Å². The number of aliphatic hydroxyl groups excluding tert-OH is 1. The molecule has 0 aliphatic heterocycles. The number of aromatic nitrogens is 1. The Morgan fingerprint density at radius 3 is 2.26 bits per heavy atom. The lowest BCUT2D eigenvalue weighted by atomic mass is 9.93. The van der Waals surface area contributed by atoms with E-state index >= 15 is 0 Å². The zero-order chi connectivity index (χ0) is 31.5. The molecule has 230 valence electrons. The van der Waals surface area contributed by atoms with Gasteiger partial charge in [0.05, 0.1) is 18.2 Å². The number of ether oxygens (including phenoxy) is 2. The van der Waals surface area contributed by atoms with Crippen molar-refractivity contribution in [1.82, 2.24) is 10.3 Å². The van der Waals surface area contributed by atoms with Crippen molar-refractivity contribution in [3.05, 3.63) is 75.6 Å². The van der Waals surface area contributed by atoms with Gasteiger partial charge in [0.25, 0.3) is 0 Å². The van der Waals surface area contributed by atoms with Gasteiger partial charge in [0.1, 0.15) is 5.60 Å². The highest BCUT2D eigenvalue weighted by molar-refractivity contribution is 6.74. The van der Waals surface area contributed by atoms with Crippen LogP contribution in [0.5, 0.6) is 5.75 Å². The molecular formula is C33H48N2O6Si. The Labute approximate surface area is 250 Å². The van der Waals surface area contributed by atoms with Gasteiger partial charge in [-0.1, -0.05) is 51.1 Å². The van der Waals surface area contributed by atoms with Crippen molar-refractivity contribution in [3.8, 4) is 5.75 Å². The van der Waals surface area contributed by atoms with Gasteiger partial charge < -0.3 is 29.3 Å². The molecule has 0 saturated carbocycles. The molecule has 1 heterocycles. The largest absolute Gasteiger partial charge is 0.514 e. The first kappa shape index (κ1) is 33.5. The third-order valence-corrected chi connectivity index (χ3v) is 12.1. The van der Waals surface area contributed by atoms with Gasteiger partial charge in [-0.05, 0) is 88.0 Å². The van der Waals surface area contributed by atoms with Crippen LogP contribution in [-0.2, 0) is 22.2 Å². The van der Waals surface area contributed by atoms with E-state index < -0.39 is 20.1 Å². The summed E-state index contributed by atoms with van der Waals surface area (Å²) in [4.78, 5) is 27.7. The predicted molar refractivity (Wildman–Crippen MR) is 171 cm³/mol. The number of carbonyl (C=O) groups is 1. The van der Waals surface area contributed by atoms with Crippen molar-refractivity contribution in [2.24, 2.45) is 0 Å². The highest BCUT2D eigenvalue weighted by Crippen LogP contribution is 2.41. The van der Waals surface area contributed by atoms with Crippen molar-refractivity contribution in [1.29, 1.82) is 0 Å². The van der Waals surface area contributed by atoms with Crippen molar-refractivity contribution >= 4 is 25.4 Å². The molecule has 9 heteroatoms. The van der Waals surface area contributed by atoms with E-state index in [2.05, 4.69) is 64.1 Å². The second kappa shape index (κ2) is 12.7. The van der Waals surface area contributed by atoms with E-state index in [0.29, 0.717) is 12.1 Å². The molecule has 1 atom stereocenters. The van der Waals surface area contributed by atoms with Crippen molar-refractivity contribution < 1.29 is 23.8 Å². The fourth-order valence-corrected chi connectivity index (χ4v) is 5.78. The van der Waals surface area contributed by atoms with Gasteiger partial charge in [-0.25, -0.2) is 4.79 Å². The fourth-order valence-electron chi connectivity index (χ4n) is 4.50. The number of aromatic amines is 1. The smallest absolute Gasteiger partial charge is 0.428 e. The predicted octanol–water partition coefficient (Wildman–Crippen LogP) is 7.01. The monoisotopic (exact) mass is 596 g/mol. The summed E-state index contributed by atoms with van der Waals surface area (Å²) < 4.78 is 17.9. The average Bonchev–Trinajstić information content (AvgIpc) is 2.85. The summed E-state index contributed by atoms with van der Waals surface area (Å²) in [6.07, 6.45) is -0.438. The van der Waals surface area contributed by atoms with E-state index in [1.807, 2.05) is 24.3 Å². The first-order valence-corrected chi connectivity index (χ1v) is 17.4. The number of carbonyl (C=O) groups excluding carboxylic acids is 1. The molecule has 2 aromatic carbocycles. The number of nitrogens with one attached hydrogen (secondary N) is 2. The minimum atomic E-state index is -2.24. The summed E-state index contributed by atoms with van der Waals surface area (Å²) >= 11 is 0. The van der Waals surface area contributed by atoms with Crippen LogP contribution in [0.4, 0.5) is 4.79 Å². The molecule has 0 fully saturated rings. The Hall–Kier alpha value is -2.98. The zero-order valence-corrected chi connectivity index (χ0v) is 27.8. The van der Waals surface area contributed by atoms with Gasteiger partial charge >= 0.3 is 6.16 Å². The zero-order valence-electron chi connectivity index (χ0n) is 26.8. The van der Waals surface area contributed by atoms with Crippen LogP contribution in [0.3, 0.4) is 0 Å². The van der Waals surface area contributed by atoms with Crippen LogP contribution in [-0.4, -0.2) is 42.2 Å². The minimum Gasteiger partial charge on any atom is -0.428 e. The number of fused-ring (bicyclic) bond motifs is 1. The van der Waals surface area contributed by atoms with Crippen LogP contribution in [0.2, 0.25) is 18.1 Å². The SMILES string of the molecule is CC(C)(Cc1cccc(CO)c1)NC[C@H](O[Si](C)(C)C(C)(C)C)c1ccc(OC(=O)OC(C)(C)C)c2[nH]c(=O)ccc12. The molecule has 1 aromatic heterocycles. The fraction of sp³-hybridized carbons (Fsp3) is 0.515. The van der Waals surface area contributed by atoms with Crippen molar-refractivity contribution in [2.75, 3.05) is 6.54 Å². The van der Waals surface area contributed by atoms with E-state index in [1.165, 1.54) is 6.07 Å². The Morgan fingerprint density at radius 2 is 1.64 bits per heavy atom. The van der Waals surface area contributed by atoms with E-state index in [0.717, 1.165) is 28.5 Å².